The molecule has 0 amide bonds. The highest BCUT2D eigenvalue weighted by Gasteiger charge is 2.10. The van der Waals surface area contributed by atoms with Crippen LogP contribution in [0.15, 0.2) is 24.3 Å². The lowest BCUT2D eigenvalue weighted by Gasteiger charge is -2.17. The van der Waals surface area contributed by atoms with Crippen molar-refractivity contribution in [2.75, 3.05) is 40.5 Å². The van der Waals surface area contributed by atoms with E-state index in [9.17, 15) is 4.39 Å². The standard InChI is InChI=1S/C13H20FNO2/c1-16-8-7-15-9-12(10-17-2)11-3-5-13(14)6-4-11/h3-6,12,15H,7-10H2,1-2H3. The molecule has 0 aliphatic rings. The molecule has 1 rings (SSSR count). The van der Waals surface area contributed by atoms with Crippen molar-refractivity contribution in [3.05, 3.63) is 35.6 Å². The quantitative estimate of drug-likeness (QED) is 0.704. The van der Waals surface area contributed by atoms with Crippen molar-refractivity contribution in [1.82, 2.24) is 5.32 Å². The second-order valence-corrected chi connectivity index (χ2v) is 3.90. The van der Waals surface area contributed by atoms with E-state index < -0.39 is 0 Å². The van der Waals surface area contributed by atoms with Gasteiger partial charge in [0, 0.05) is 33.2 Å². The molecule has 0 aliphatic heterocycles. The Morgan fingerprint density at radius 3 is 2.47 bits per heavy atom. The SMILES string of the molecule is COCCNCC(COC)c1ccc(F)cc1. The predicted octanol–water partition coefficient (Wildman–Crippen LogP) is 1.79. The predicted molar refractivity (Wildman–Crippen MR) is 65.8 cm³/mol. The van der Waals surface area contributed by atoms with Gasteiger partial charge in [-0.05, 0) is 17.7 Å². The molecule has 96 valence electrons. The number of methoxy groups -OCH3 is 2. The van der Waals surface area contributed by atoms with Gasteiger partial charge in [0.15, 0.2) is 0 Å². The summed E-state index contributed by atoms with van der Waals surface area (Å²) in [6, 6.07) is 6.56. The Balaban J connectivity index is 2.49. The van der Waals surface area contributed by atoms with Gasteiger partial charge in [0.2, 0.25) is 0 Å². The Morgan fingerprint density at radius 1 is 1.18 bits per heavy atom. The molecular weight excluding hydrogens is 221 g/mol. The minimum Gasteiger partial charge on any atom is -0.384 e. The summed E-state index contributed by atoms with van der Waals surface area (Å²) in [6.45, 7) is 2.90. The fourth-order valence-corrected chi connectivity index (χ4v) is 1.66. The van der Waals surface area contributed by atoms with Gasteiger partial charge < -0.3 is 14.8 Å². The third-order valence-electron chi connectivity index (χ3n) is 2.58. The first-order chi connectivity index (χ1) is 8.27. The van der Waals surface area contributed by atoms with Gasteiger partial charge in [-0.1, -0.05) is 12.1 Å². The molecule has 0 heterocycles. The monoisotopic (exact) mass is 241 g/mol. The molecule has 3 nitrogen and oxygen atoms in total. The number of benzene rings is 1. The highest BCUT2D eigenvalue weighted by atomic mass is 19.1. The Kier molecular flexibility index (Phi) is 6.77. The van der Waals surface area contributed by atoms with Crippen LogP contribution in [0.5, 0.6) is 0 Å². The third kappa shape index (κ3) is 5.26. The van der Waals surface area contributed by atoms with E-state index in [0.29, 0.717) is 13.2 Å². The largest absolute Gasteiger partial charge is 0.384 e. The Morgan fingerprint density at radius 2 is 1.88 bits per heavy atom. The second kappa shape index (κ2) is 8.17. The molecule has 1 atom stereocenters. The zero-order chi connectivity index (χ0) is 12.5. The van der Waals surface area contributed by atoms with Crippen molar-refractivity contribution in [3.8, 4) is 0 Å². The van der Waals surface area contributed by atoms with Crippen LogP contribution in [0.3, 0.4) is 0 Å². The average Bonchev–Trinajstić information content (AvgIpc) is 2.34. The topological polar surface area (TPSA) is 30.5 Å². The van der Waals surface area contributed by atoms with Crippen molar-refractivity contribution in [1.29, 1.82) is 0 Å². The van der Waals surface area contributed by atoms with E-state index in [1.807, 2.05) is 0 Å². The van der Waals surface area contributed by atoms with E-state index in [2.05, 4.69) is 5.32 Å². The highest BCUT2D eigenvalue weighted by Crippen LogP contribution is 2.15. The van der Waals surface area contributed by atoms with Crippen LogP contribution >= 0.6 is 0 Å². The maximum Gasteiger partial charge on any atom is 0.123 e. The van der Waals surface area contributed by atoms with E-state index in [0.717, 1.165) is 18.7 Å². The zero-order valence-electron chi connectivity index (χ0n) is 10.4. The van der Waals surface area contributed by atoms with Crippen molar-refractivity contribution in [3.63, 3.8) is 0 Å². The van der Waals surface area contributed by atoms with Crippen molar-refractivity contribution in [2.24, 2.45) is 0 Å². The number of hydrogen-bond donors (Lipinski definition) is 1. The minimum absolute atomic E-state index is 0.211. The van der Waals surface area contributed by atoms with Crippen LogP contribution in [-0.2, 0) is 9.47 Å². The average molecular weight is 241 g/mol. The van der Waals surface area contributed by atoms with Crippen LogP contribution < -0.4 is 5.32 Å². The molecule has 0 radical (unpaired) electrons. The number of rotatable bonds is 8. The number of halogens is 1. The van der Waals surface area contributed by atoms with Gasteiger partial charge in [-0.3, -0.25) is 0 Å². The molecule has 17 heavy (non-hydrogen) atoms. The van der Waals surface area contributed by atoms with E-state index in [4.69, 9.17) is 9.47 Å². The molecular formula is C13H20FNO2. The Labute approximate surface area is 102 Å². The van der Waals surface area contributed by atoms with Crippen molar-refractivity contribution in [2.45, 2.75) is 5.92 Å². The zero-order valence-corrected chi connectivity index (χ0v) is 10.4. The summed E-state index contributed by atoms with van der Waals surface area (Å²) >= 11 is 0. The Bertz CT molecular complexity index is 303. The summed E-state index contributed by atoms with van der Waals surface area (Å²) in [5, 5.41) is 3.29. The van der Waals surface area contributed by atoms with Crippen molar-refractivity contribution >= 4 is 0 Å². The molecule has 0 aromatic heterocycles. The molecule has 1 aromatic rings. The van der Waals surface area contributed by atoms with E-state index >= 15 is 0 Å². The van der Waals surface area contributed by atoms with Crippen LogP contribution in [0.25, 0.3) is 0 Å². The smallest absolute Gasteiger partial charge is 0.123 e. The summed E-state index contributed by atoms with van der Waals surface area (Å²) in [7, 11) is 3.35. The molecule has 0 saturated carbocycles. The molecule has 0 fully saturated rings. The molecule has 0 aliphatic carbocycles. The molecule has 1 aromatic carbocycles. The lowest BCUT2D eigenvalue weighted by molar-refractivity contribution is 0.172. The maximum atomic E-state index is 12.8. The fourth-order valence-electron chi connectivity index (χ4n) is 1.66. The van der Waals surface area contributed by atoms with Crippen LogP contribution in [0, 0.1) is 5.82 Å². The first-order valence-corrected chi connectivity index (χ1v) is 5.72. The number of nitrogens with one attached hydrogen (secondary N) is 1. The molecule has 0 bridgehead atoms. The summed E-state index contributed by atoms with van der Waals surface area (Å²) in [5.41, 5.74) is 1.08. The molecule has 1 unspecified atom stereocenters. The van der Waals surface area contributed by atoms with Gasteiger partial charge in [0.25, 0.3) is 0 Å². The van der Waals surface area contributed by atoms with Gasteiger partial charge in [-0.15, -0.1) is 0 Å². The first kappa shape index (κ1) is 14.1. The summed E-state index contributed by atoms with van der Waals surface area (Å²) < 4.78 is 23.0. The highest BCUT2D eigenvalue weighted by molar-refractivity contribution is 5.21. The fraction of sp³-hybridized carbons (Fsp3) is 0.538. The summed E-state index contributed by atoms with van der Waals surface area (Å²) in [6.07, 6.45) is 0. The third-order valence-corrected chi connectivity index (χ3v) is 2.58. The van der Waals surface area contributed by atoms with Gasteiger partial charge in [-0.25, -0.2) is 4.39 Å². The lowest BCUT2D eigenvalue weighted by atomic mass is 10.00. The number of ether oxygens (including phenoxy) is 2. The minimum atomic E-state index is -0.211. The first-order valence-electron chi connectivity index (χ1n) is 5.72. The molecule has 0 saturated heterocycles. The molecule has 4 heteroatoms. The maximum absolute atomic E-state index is 12.8. The van der Waals surface area contributed by atoms with Crippen LogP contribution in [0.2, 0.25) is 0 Å². The second-order valence-electron chi connectivity index (χ2n) is 3.90. The summed E-state index contributed by atoms with van der Waals surface area (Å²) in [4.78, 5) is 0. The number of hydrogen-bond acceptors (Lipinski definition) is 3. The van der Waals surface area contributed by atoms with Crippen LogP contribution in [0.4, 0.5) is 4.39 Å². The molecule has 0 spiro atoms. The van der Waals surface area contributed by atoms with E-state index in [1.165, 1.54) is 12.1 Å². The van der Waals surface area contributed by atoms with E-state index in [1.54, 1.807) is 26.4 Å². The Hall–Kier alpha value is -0.970. The van der Waals surface area contributed by atoms with E-state index in [-0.39, 0.29) is 11.7 Å². The van der Waals surface area contributed by atoms with Gasteiger partial charge in [0.1, 0.15) is 5.82 Å². The van der Waals surface area contributed by atoms with Crippen LogP contribution in [0.1, 0.15) is 11.5 Å². The van der Waals surface area contributed by atoms with Crippen LogP contribution in [-0.4, -0.2) is 40.5 Å². The van der Waals surface area contributed by atoms with Gasteiger partial charge >= 0.3 is 0 Å². The molecule has 1 N–H and O–H groups in total. The van der Waals surface area contributed by atoms with Gasteiger partial charge in [-0.2, -0.15) is 0 Å². The van der Waals surface area contributed by atoms with Gasteiger partial charge in [0.05, 0.1) is 13.2 Å². The summed E-state index contributed by atoms with van der Waals surface area (Å²) in [5.74, 6) is 0.0229. The lowest BCUT2D eigenvalue weighted by Crippen LogP contribution is -2.27. The van der Waals surface area contributed by atoms with Crippen molar-refractivity contribution < 1.29 is 13.9 Å². The normalized spacial score (nSPS) is 12.6.